The number of piperidine rings is 1. The smallest absolute Gasteiger partial charge is 0.407 e. The van der Waals surface area contributed by atoms with Crippen molar-refractivity contribution in [1.29, 1.82) is 0 Å². The van der Waals surface area contributed by atoms with E-state index in [1.54, 1.807) is 0 Å². The molecular weight excluding hydrogens is 777 g/mol. The maximum absolute atomic E-state index is 14.4. The molecule has 6 atom stereocenters. The number of rotatable bonds is 11. The lowest BCUT2D eigenvalue weighted by molar-refractivity contribution is -0.145. The second-order valence-electron chi connectivity index (χ2n) is 17.6. The van der Waals surface area contributed by atoms with Crippen LogP contribution in [0.3, 0.4) is 0 Å². The summed E-state index contributed by atoms with van der Waals surface area (Å²) in [6, 6.07) is 11.2. The molecule has 2 saturated heterocycles. The number of aromatic amines is 2. The van der Waals surface area contributed by atoms with Crippen molar-refractivity contribution >= 4 is 24.0 Å². The number of fused-ring (bicyclic) bond motifs is 5. The third-order valence-corrected chi connectivity index (χ3v) is 13.5. The van der Waals surface area contributed by atoms with Crippen LogP contribution in [0.25, 0.3) is 33.6 Å². The van der Waals surface area contributed by atoms with Gasteiger partial charge in [-0.2, -0.15) is 0 Å². The second kappa shape index (κ2) is 17.0. The summed E-state index contributed by atoms with van der Waals surface area (Å²) in [6.45, 7) is 11.3. The summed E-state index contributed by atoms with van der Waals surface area (Å²) < 4.78 is 16.0. The van der Waals surface area contributed by atoms with Gasteiger partial charge in [0.05, 0.1) is 57.3 Å². The molecule has 0 spiro atoms. The Morgan fingerprint density at radius 3 is 2.02 bits per heavy atom. The molecule has 3 aliphatic heterocycles. The Morgan fingerprint density at radius 2 is 1.43 bits per heavy atom. The van der Waals surface area contributed by atoms with Gasteiger partial charge in [-0.3, -0.25) is 9.59 Å². The maximum Gasteiger partial charge on any atom is 0.407 e. The first-order valence-corrected chi connectivity index (χ1v) is 21.7. The minimum atomic E-state index is -0.713. The SMILES string of the molecule is CC[C@@]1(c2ncc(-c3ccc4c(c3)COCc3cc(-c5cnc([C@@H]6CCCN6C(=O)[C@@H](NC(=O)OC)C(C)C)[nH]5)ccc3-4)[nH]2)[C@H]2CC[C@H](C2)N1C(=O)[C@@H](NC(=O)OC)C(C)C.[HH]. The Hall–Kier alpha value is -5.70. The minimum absolute atomic E-state index is 0. The van der Waals surface area contributed by atoms with E-state index in [1.807, 2.05) is 49.9 Å². The highest BCUT2D eigenvalue weighted by Crippen LogP contribution is 2.56. The number of nitrogens with one attached hydrogen (secondary N) is 4. The molecule has 2 aromatic carbocycles. The number of nitrogens with zero attached hydrogens (tertiary/aromatic N) is 4. The fraction of sp³-hybridized carbons (Fsp3) is 0.522. The zero-order valence-electron chi connectivity index (χ0n) is 36.2. The summed E-state index contributed by atoms with van der Waals surface area (Å²) in [5, 5.41) is 5.51. The van der Waals surface area contributed by atoms with E-state index < -0.39 is 29.8 Å². The average Bonchev–Trinajstić information content (AvgIpc) is 4.12. The van der Waals surface area contributed by atoms with Crippen molar-refractivity contribution in [2.24, 2.45) is 17.8 Å². The number of hydrogen-bond acceptors (Lipinski definition) is 9. The number of carbonyl (C=O) groups is 4. The van der Waals surface area contributed by atoms with Crippen molar-refractivity contribution in [1.82, 2.24) is 40.4 Å². The number of aromatic nitrogens is 4. The van der Waals surface area contributed by atoms with Gasteiger partial charge in [-0.1, -0.05) is 58.9 Å². The zero-order valence-corrected chi connectivity index (χ0v) is 36.2. The first-order chi connectivity index (χ1) is 29.4. The Labute approximate surface area is 358 Å². The lowest BCUT2D eigenvalue weighted by Gasteiger charge is -2.47. The van der Waals surface area contributed by atoms with E-state index in [4.69, 9.17) is 24.2 Å². The fourth-order valence-electron chi connectivity index (χ4n) is 10.4. The second-order valence-corrected chi connectivity index (χ2v) is 17.6. The Bertz CT molecular complexity index is 2310. The van der Waals surface area contributed by atoms with E-state index in [2.05, 4.69) is 63.9 Å². The van der Waals surface area contributed by atoms with Crippen molar-refractivity contribution in [3.8, 4) is 33.6 Å². The Morgan fingerprint density at radius 1 is 0.836 bits per heavy atom. The van der Waals surface area contributed by atoms with E-state index in [1.165, 1.54) is 14.2 Å². The number of likely N-dealkylation sites (tertiary alicyclic amines) is 2. The third-order valence-electron chi connectivity index (χ3n) is 13.5. The molecule has 0 radical (unpaired) electrons. The van der Waals surface area contributed by atoms with Crippen LogP contribution in [-0.2, 0) is 42.6 Å². The number of hydrogen-bond donors (Lipinski definition) is 4. The van der Waals surface area contributed by atoms with Gasteiger partial charge in [0.1, 0.15) is 29.3 Å². The molecule has 4 amide bonds. The topological polar surface area (TPSA) is 184 Å². The van der Waals surface area contributed by atoms with Gasteiger partial charge in [0.25, 0.3) is 0 Å². The van der Waals surface area contributed by atoms with E-state index >= 15 is 0 Å². The molecule has 2 aromatic heterocycles. The summed E-state index contributed by atoms with van der Waals surface area (Å²) in [7, 11) is 2.60. The predicted molar refractivity (Wildman–Crippen MR) is 230 cm³/mol. The molecule has 4 N–H and O–H groups in total. The molecule has 1 saturated carbocycles. The summed E-state index contributed by atoms with van der Waals surface area (Å²) in [4.78, 5) is 73.1. The number of carbonyl (C=O) groups excluding carboxylic acids is 4. The third kappa shape index (κ3) is 7.55. The first-order valence-electron chi connectivity index (χ1n) is 21.7. The van der Waals surface area contributed by atoms with Gasteiger partial charge in [0.2, 0.25) is 11.8 Å². The standard InChI is InChI=1S/C46H58N8O7.H2/c1-8-46(31-13-14-32(20-31)54(46)42(56)39(26(4)5)52-45(58)60-7)43-48-22-36(50-43)28-12-16-34-30(19-28)24-61-23-29-18-27(11-15-33(29)34)35-21-47-40(49-35)37-10-9-17-53(37)41(55)38(25(2)3)51-44(57)59-6;/h11-12,15-16,18-19,21-22,25-26,31-32,37-39H,8-10,13-14,17,20,23-24H2,1-7H3,(H,47,49)(H,48,50)(H,51,57)(H,52,58);1H/t31-,32+,37-,38-,39-,46-;/m0./s1. The van der Waals surface area contributed by atoms with Crippen LogP contribution in [-0.4, -0.2) is 92.6 Å². The molecule has 15 nitrogen and oxygen atoms in total. The van der Waals surface area contributed by atoms with Crippen molar-refractivity contribution < 1.29 is 34.8 Å². The van der Waals surface area contributed by atoms with Gasteiger partial charge < -0.3 is 44.6 Å². The maximum atomic E-state index is 14.4. The number of ether oxygens (including phenoxy) is 3. The van der Waals surface area contributed by atoms with Crippen LogP contribution in [0, 0.1) is 17.8 Å². The molecule has 3 fully saturated rings. The highest BCUT2D eigenvalue weighted by Gasteiger charge is 2.60. The molecule has 1 aliphatic carbocycles. The van der Waals surface area contributed by atoms with Crippen LogP contribution in [0.5, 0.6) is 0 Å². The van der Waals surface area contributed by atoms with Gasteiger partial charge in [0, 0.05) is 14.0 Å². The van der Waals surface area contributed by atoms with E-state index in [9.17, 15) is 19.2 Å². The van der Waals surface area contributed by atoms with Crippen LogP contribution in [0.1, 0.15) is 103 Å². The quantitative estimate of drug-likeness (QED) is 0.119. The van der Waals surface area contributed by atoms with E-state index in [0.717, 1.165) is 82.7 Å². The lowest BCUT2D eigenvalue weighted by atomic mass is 9.79. The number of benzene rings is 2. The van der Waals surface area contributed by atoms with Crippen molar-refractivity contribution in [3.05, 3.63) is 71.6 Å². The number of methoxy groups -OCH3 is 2. The highest BCUT2D eigenvalue weighted by atomic mass is 16.5. The van der Waals surface area contributed by atoms with Gasteiger partial charge in [-0.25, -0.2) is 19.6 Å². The van der Waals surface area contributed by atoms with Gasteiger partial charge in [-0.05, 0) is 102 Å². The monoisotopic (exact) mass is 836 g/mol. The molecule has 8 rings (SSSR count). The average molecular weight is 837 g/mol. The van der Waals surface area contributed by atoms with Crippen LogP contribution in [0.2, 0.25) is 0 Å². The highest BCUT2D eigenvalue weighted by molar-refractivity contribution is 5.88. The van der Waals surface area contributed by atoms with Crippen LogP contribution in [0.4, 0.5) is 9.59 Å². The lowest BCUT2D eigenvalue weighted by Crippen LogP contribution is -2.60. The molecule has 326 valence electrons. The number of amides is 4. The van der Waals surface area contributed by atoms with E-state index in [0.29, 0.717) is 32.0 Å². The largest absolute Gasteiger partial charge is 0.453 e. The van der Waals surface area contributed by atoms with Crippen molar-refractivity contribution in [2.45, 2.75) is 116 Å². The fourth-order valence-corrected chi connectivity index (χ4v) is 10.4. The molecule has 4 aromatic rings. The van der Waals surface area contributed by atoms with E-state index in [-0.39, 0.29) is 43.1 Å². The number of imidazole rings is 2. The molecule has 2 bridgehead atoms. The molecule has 4 aliphatic rings. The number of H-pyrrole nitrogens is 2. The molecule has 15 heteroatoms. The van der Waals surface area contributed by atoms with Gasteiger partial charge in [-0.15, -0.1) is 0 Å². The van der Waals surface area contributed by atoms with Crippen LogP contribution < -0.4 is 10.6 Å². The zero-order chi connectivity index (χ0) is 43.2. The van der Waals surface area contributed by atoms with Crippen LogP contribution in [0.15, 0.2) is 48.8 Å². The minimum Gasteiger partial charge on any atom is -0.453 e. The van der Waals surface area contributed by atoms with Gasteiger partial charge in [0.15, 0.2) is 0 Å². The van der Waals surface area contributed by atoms with Crippen molar-refractivity contribution in [2.75, 3.05) is 20.8 Å². The summed E-state index contributed by atoms with van der Waals surface area (Å²) in [5.74, 6) is 1.27. The normalized spacial score (nSPS) is 22.7. The molecule has 0 unspecified atom stereocenters. The summed E-state index contributed by atoms with van der Waals surface area (Å²) >= 11 is 0. The summed E-state index contributed by atoms with van der Waals surface area (Å²) in [5.41, 5.74) is 7.36. The van der Waals surface area contributed by atoms with Crippen LogP contribution >= 0.6 is 0 Å². The Kier molecular flexibility index (Phi) is 11.7. The van der Waals surface area contributed by atoms with Crippen molar-refractivity contribution in [3.63, 3.8) is 0 Å². The molecular formula is C46H60N8O7. The number of alkyl carbamates (subject to hydrolysis) is 2. The molecule has 5 heterocycles. The Balaban J connectivity index is 0.00000578. The molecule has 61 heavy (non-hydrogen) atoms. The first kappa shape index (κ1) is 42.0. The van der Waals surface area contributed by atoms with Gasteiger partial charge >= 0.3 is 12.2 Å². The summed E-state index contributed by atoms with van der Waals surface area (Å²) in [6.07, 6.45) is 7.61. The predicted octanol–water partition coefficient (Wildman–Crippen LogP) is 7.45.